The quantitative estimate of drug-likeness (QED) is 0.427. The first-order valence-electron chi connectivity index (χ1n) is 7.15. The zero-order valence-electron chi connectivity index (χ0n) is 12.4. The number of hydrogen-bond donors (Lipinski definition) is 0. The lowest BCUT2D eigenvalue weighted by Crippen LogP contribution is -2.25. The molecule has 0 amide bonds. The van der Waals surface area contributed by atoms with E-state index in [1.807, 2.05) is 41.8 Å². The van der Waals surface area contributed by atoms with Gasteiger partial charge in [-0.25, -0.2) is 9.61 Å². The molecule has 114 valence electrons. The van der Waals surface area contributed by atoms with Crippen molar-refractivity contribution in [3.05, 3.63) is 65.3 Å². The molecular weight excluding hydrogens is 294 g/mol. The molecule has 7 heteroatoms. The predicted molar refractivity (Wildman–Crippen MR) is 82.3 cm³/mol. The molecule has 7 nitrogen and oxygen atoms in total. The third kappa shape index (κ3) is 2.32. The summed E-state index contributed by atoms with van der Waals surface area (Å²) in [7, 11) is 0. The van der Waals surface area contributed by atoms with Crippen molar-refractivity contribution in [1.29, 1.82) is 0 Å². The number of fused-ring (bicyclic) bond motifs is 1. The van der Waals surface area contributed by atoms with E-state index in [0.29, 0.717) is 23.8 Å². The van der Waals surface area contributed by atoms with Gasteiger partial charge in [-0.3, -0.25) is 0 Å². The average Bonchev–Trinajstić information content (AvgIpc) is 3.11. The van der Waals surface area contributed by atoms with Crippen LogP contribution in [0.1, 0.15) is 11.3 Å². The van der Waals surface area contributed by atoms with Crippen LogP contribution in [0.5, 0.6) is 0 Å². The second-order valence-corrected chi connectivity index (χ2v) is 5.28. The molecule has 0 aliphatic heterocycles. The smallest absolute Gasteiger partial charge is 0.185 e. The number of rotatable bonds is 3. The Bertz CT molecular complexity index is 989. The SMILES string of the molecule is Cc1nonc1-c1nc2ccccc2n1Cc1ccc[n+]([O-])c1. The van der Waals surface area contributed by atoms with E-state index in [1.54, 1.807) is 12.3 Å². The number of hydrogen-bond acceptors (Lipinski definition) is 5. The van der Waals surface area contributed by atoms with Crippen LogP contribution in [0, 0.1) is 12.1 Å². The van der Waals surface area contributed by atoms with Crippen LogP contribution in [0.3, 0.4) is 0 Å². The lowest BCUT2D eigenvalue weighted by atomic mass is 10.2. The second kappa shape index (κ2) is 5.20. The summed E-state index contributed by atoms with van der Waals surface area (Å²) in [6, 6.07) is 11.5. The number of imidazole rings is 1. The Morgan fingerprint density at radius 2 is 2.04 bits per heavy atom. The summed E-state index contributed by atoms with van der Waals surface area (Å²) in [5.41, 5.74) is 3.98. The highest BCUT2D eigenvalue weighted by molar-refractivity contribution is 5.80. The summed E-state index contributed by atoms with van der Waals surface area (Å²) in [5, 5.41) is 19.3. The van der Waals surface area contributed by atoms with Crippen molar-refractivity contribution in [2.45, 2.75) is 13.5 Å². The predicted octanol–water partition coefficient (Wildman–Crippen LogP) is 2.08. The van der Waals surface area contributed by atoms with Crippen molar-refractivity contribution >= 4 is 11.0 Å². The van der Waals surface area contributed by atoms with E-state index in [0.717, 1.165) is 21.3 Å². The number of nitrogens with zero attached hydrogens (tertiary/aromatic N) is 5. The third-order valence-corrected chi connectivity index (χ3v) is 3.70. The first kappa shape index (κ1) is 13.4. The molecule has 4 rings (SSSR count). The molecule has 3 heterocycles. The van der Waals surface area contributed by atoms with E-state index in [2.05, 4.69) is 15.3 Å². The van der Waals surface area contributed by atoms with Crippen LogP contribution >= 0.6 is 0 Å². The summed E-state index contributed by atoms with van der Waals surface area (Å²) >= 11 is 0. The first-order valence-corrected chi connectivity index (χ1v) is 7.15. The van der Waals surface area contributed by atoms with Gasteiger partial charge >= 0.3 is 0 Å². The Hall–Kier alpha value is -3.22. The Balaban J connectivity index is 1.91. The van der Waals surface area contributed by atoms with Gasteiger partial charge in [-0.1, -0.05) is 17.3 Å². The average molecular weight is 307 g/mol. The van der Waals surface area contributed by atoms with Gasteiger partial charge < -0.3 is 9.77 Å². The van der Waals surface area contributed by atoms with Gasteiger partial charge in [0.2, 0.25) is 0 Å². The molecule has 0 saturated carbocycles. The molecule has 0 fully saturated rings. The molecule has 1 aromatic carbocycles. The van der Waals surface area contributed by atoms with Crippen LogP contribution in [0.25, 0.3) is 22.6 Å². The van der Waals surface area contributed by atoms with Crippen LogP contribution in [-0.2, 0) is 6.54 Å². The Morgan fingerprint density at radius 3 is 2.83 bits per heavy atom. The topological polar surface area (TPSA) is 83.7 Å². The minimum absolute atomic E-state index is 0.505. The van der Waals surface area contributed by atoms with Crippen LogP contribution in [0.15, 0.2) is 53.4 Å². The van der Waals surface area contributed by atoms with E-state index in [4.69, 9.17) is 4.63 Å². The zero-order valence-corrected chi connectivity index (χ0v) is 12.4. The van der Waals surface area contributed by atoms with E-state index in [9.17, 15) is 5.21 Å². The van der Waals surface area contributed by atoms with Gasteiger partial charge in [0, 0.05) is 11.6 Å². The second-order valence-electron chi connectivity index (χ2n) is 5.28. The summed E-state index contributed by atoms with van der Waals surface area (Å²) in [6.07, 6.45) is 3.01. The lowest BCUT2D eigenvalue weighted by molar-refractivity contribution is -0.605. The molecule has 0 radical (unpaired) electrons. The molecule has 0 aliphatic rings. The highest BCUT2D eigenvalue weighted by Crippen LogP contribution is 2.25. The monoisotopic (exact) mass is 307 g/mol. The maximum absolute atomic E-state index is 11.5. The zero-order chi connectivity index (χ0) is 15.8. The van der Waals surface area contributed by atoms with E-state index < -0.39 is 0 Å². The van der Waals surface area contributed by atoms with Crippen LogP contribution in [0.4, 0.5) is 0 Å². The van der Waals surface area contributed by atoms with Gasteiger partial charge in [-0.2, -0.15) is 4.73 Å². The Morgan fingerprint density at radius 1 is 1.17 bits per heavy atom. The molecule has 0 bridgehead atoms. The summed E-state index contributed by atoms with van der Waals surface area (Å²) < 4.78 is 7.61. The molecule has 0 saturated heterocycles. The number of para-hydroxylation sites is 2. The van der Waals surface area contributed by atoms with Crippen molar-refractivity contribution in [3.63, 3.8) is 0 Å². The molecular formula is C16H13N5O2. The molecule has 0 aliphatic carbocycles. The fraction of sp³-hybridized carbons (Fsp3) is 0.125. The van der Waals surface area contributed by atoms with Gasteiger partial charge in [0.25, 0.3) is 0 Å². The Labute approximate surface area is 131 Å². The van der Waals surface area contributed by atoms with E-state index in [1.165, 1.54) is 6.20 Å². The molecule has 4 aromatic rings. The van der Waals surface area contributed by atoms with Crippen molar-refractivity contribution in [1.82, 2.24) is 19.9 Å². The molecule has 0 atom stereocenters. The summed E-state index contributed by atoms with van der Waals surface area (Å²) in [4.78, 5) is 4.65. The van der Waals surface area contributed by atoms with Crippen molar-refractivity contribution in [3.8, 4) is 11.5 Å². The minimum atomic E-state index is 0.505. The fourth-order valence-electron chi connectivity index (χ4n) is 2.63. The van der Waals surface area contributed by atoms with Crippen LogP contribution < -0.4 is 4.73 Å². The van der Waals surface area contributed by atoms with Gasteiger partial charge in [0.15, 0.2) is 23.9 Å². The highest BCUT2D eigenvalue weighted by atomic mass is 16.6. The maximum atomic E-state index is 11.5. The van der Waals surface area contributed by atoms with Crippen molar-refractivity contribution in [2.24, 2.45) is 0 Å². The molecule has 23 heavy (non-hydrogen) atoms. The maximum Gasteiger partial charge on any atom is 0.185 e. The van der Waals surface area contributed by atoms with Crippen LogP contribution in [0.2, 0.25) is 0 Å². The number of pyridine rings is 1. The normalized spacial score (nSPS) is 11.2. The van der Waals surface area contributed by atoms with Gasteiger partial charge in [0.1, 0.15) is 5.69 Å². The van der Waals surface area contributed by atoms with Gasteiger partial charge in [0.05, 0.1) is 17.6 Å². The summed E-state index contributed by atoms with van der Waals surface area (Å²) in [6.45, 7) is 2.33. The van der Waals surface area contributed by atoms with Gasteiger partial charge in [-0.15, -0.1) is 0 Å². The molecule has 3 aromatic heterocycles. The third-order valence-electron chi connectivity index (χ3n) is 3.70. The van der Waals surface area contributed by atoms with Crippen LogP contribution in [-0.4, -0.2) is 19.9 Å². The number of benzene rings is 1. The van der Waals surface area contributed by atoms with Crippen molar-refractivity contribution in [2.75, 3.05) is 0 Å². The lowest BCUT2D eigenvalue weighted by Gasteiger charge is -2.07. The van der Waals surface area contributed by atoms with Crippen molar-refractivity contribution < 1.29 is 9.36 Å². The molecule has 0 unspecified atom stereocenters. The highest BCUT2D eigenvalue weighted by Gasteiger charge is 2.18. The minimum Gasteiger partial charge on any atom is -0.619 e. The summed E-state index contributed by atoms with van der Waals surface area (Å²) in [5.74, 6) is 0.672. The largest absolute Gasteiger partial charge is 0.619 e. The Kier molecular flexibility index (Phi) is 3.04. The number of aryl methyl sites for hydroxylation is 1. The van der Waals surface area contributed by atoms with E-state index >= 15 is 0 Å². The molecule has 0 N–H and O–H groups in total. The van der Waals surface area contributed by atoms with Gasteiger partial charge in [-0.05, 0) is 30.3 Å². The number of aromatic nitrogens is 5. The fourth-order valence-corrected chi connectivity index (χ4v) is 2.63. The molecule has 0 spiro atoms. The van der Waals surface area contributed by atoms with E-state index in [-0.39, 0.29) is 0 Å². The standard InChI is InChI=1S/C16H13N5O2/c1-11-15(19-23-18-11)16-17-13-6-2-3-7-14(13)21(16)10-12-5-4-8-20(22)9-12/h2-9H,10H2,1H3. The first-order chi connectivity index (χ1) is 11.2.